The van der Waals surface area contributed by atoms with Crippen LogP contribution in [0.2, 0.25) is 5.02 Å². The molecule has 4 rings (SSSR count). The second-order valence-corrected chi connectivity index (χ2v) is 11.9. The van der Waals surface area contributed by atoms with Gasteiger partial charge in [-0.2, -0.15) is 8.78 Å². The van der Waals surface area contributed by atoms with Gasteiger partial charge in [0.2, 0.25) is 5.91 Å². The summed E-state index contributed by atoms with van der Waals surface area (Å²) < 4.78 is 37.5. The summed E-state index contributed by atoms with van der Waals surface area (Å²) in [6.07, 6.45) is -6.84. The van der Waals surface area contributed by atoms with Crippen LogP contribution >= 0.6 is 11.6 Å². The van der Waals surface area contributed by atoms with E-state index in [-0.39, 0.29) is 18.8 Å². The van der Waals surface area contributed by atoms with Crippen LogP contribution in [0.5, 0.6) is 5.75 Å². The highest BCUT2D eigenvalue weighted by atomic mass is 35.5. The lowest BCUT2D eigenvalue weighted by atomic mass is 9.91. The molecule has 0 bridgehead atoms. The fourth-order valence-electron chi connectivity index (χ4n) is 4.82. The first-order valence-corrected chi connectivity index (χ1v) is 14.1. The Bertz CT molecular complexity index is 1560. The molecule has 9 nitrogen and oxygen atoms in total. The Labute approximate surface area is 258 Å². The highest BCUT2D eigenvalue weighted by molar-refractivity contribution is 6.30. The number of halogens is 3. The number of benzene rings is 3. The third kappa shape index (κ3) is 7.35. The third-order valence-electron chi connectivity index (χ3n) is 7.35. The molecule has 1 aliphatic rings. The predicted octanol–water partition coefficient (Wildman–Crippen LogP) is 5.88. The topological polar surface area (TPSA) is 125 Å². The van der Waals surface area contributed by atoms with Gasteiger partial charge >= 0.3 is 12.1 Å². The molecular formula is C32H33ClF2N2O7. The Morgan fingerprint density at radius 2 is 1.75 bits per heavy atom. The quantitative estimate of drug-likeness (QED) is 0.255. The fraction of sp³-hybridized carbons (Fsp3) is 0.344. The lowest BCUT2D eigenvalue weighted by Gasteiger charge is -2.32. The number of aliphatic hydroxyl groups excluding tert-OH is 1. The van der Waals surface area contributed by atoms with E-state index in [0.29, 0.717) is 16.3 Å². The minimum atomic E-state index is -4.42. The summed E-state index contributed by atoms with van der Waals surface area (Å²) in [7, 11) is 0. The lowest BCUT2D eigenvalue weighted by Crippen LogP contribution is -2.46. The minimum Gasteiger partial charge on any atom is -0.474 e. The number of hydrogen-bond donors (Lipinski definition) is 3. The van der Waals surface area contributed by atoms with Gasteiger partial charge in [-0.3, -0.25) is 9.59 Å². The molecule has 3 aromatic rings. The first-order chi connectivity index (χ1) is 20.6. The number of ether oxygens (including phenoxy) is 2. The summed E-state index contributed by atoms with van der Waals surface area (Å²) >= 11 is 6.43. The number of rotatable bonds is 10. The number of amides is 2. The number of hydrogen-bond acceptors (Lipinski definition) is 6. The average Bonchev–Trinajstić information content (AvgIpc) is 3.05. The standard InChI is InChI=1S/C32H33ClF2N2O7/c1-18-6-5-7-23(19(18)2)28-24-14-20(33)8-13-25(24)37(16-31(3,4)17-38)29(40)26(43-28)15-27(39)36-21-9-11-22(12-10-21)44-32(34,35)30(41)42/h5-14,26,28,38H,15-17H2,1-4H3,(H,36,39)(H,41,42)/t26-,28-/m1/s1. The van der Waals surface area contributed by atoms with Crippen molar-refractivity contribution in [3.63, 3.8) is 0 Å². The van der Waals surface area contributed by atoms with E-state index in [4.69, 9.17) is 21.4 Å². The second-order valence-electron chi connectivity index (χ2n) is 11.4. The van der Waals surface area contributed by atoms with E-state index in [0.717, 1.165) is 28.8 Å². The normalized spacial score (nSPS) is 17.1. The van der Waals surface area contributed by atoms with Crippen molar-refractivity contribution in [1.29, 1.82) is 0 Å². The molecule has 3 N–H and O–H groups in total. The largest absolute Gasteiger partial charge is 0.501 e. The van der Waals surface area contributed by atoms with Crippen LogP contribution in [0.3, 0.4) is 0 Å². The highest BCUT2D eigenvalue weighted by Gasteiger charge is 2.43. The molecule has 0 unspecified atom stereocenters. The van der Waals surface area contributed by atoms with Crippen molar-refractivity contribution in [3.05, 3.63) is 87.9 Å². The van der Waals surface area contributed by atoms with E-state index < -0.39 is 53.7 Å². The number of nitrogens with one attached hydrogen (secondary N) is 1. The molecule has 3 aromatic carbocycles. The van der Waals surface area contributed by atoms with Crippen molar-refractivity contribution in [1.82, 2.24) is 0 Å². The zero-order valence-corrected chi connectivity index (χ0v) is 25.3. The van der Waals surface area contributed by atoms with Gasteiger partial charge in [0.05, 0.1) is 6.42 Å². The van der Waals surface area contributed by atoms with Crippen LogP contribution in [0, 0.1) is 19.3 Å². The smallest absolute Gasteiger partial charge is 0.474 e. The number of aryl methyl sites for hydroxylation is 1. The van der Waals surface area contributed by atoms with Crippen molar-refractivity contribution in [2.75, 3.05) is 23.4 Å². The molecule has 44 heavy (non-hydrogen) atoms. The van der Waals surface area contributed by atoms with Gasteiger partial charge in [0, 0.05) is 40.5 Å². The van der Waals surface area contributed by atoms with Crippen LogP contribution < -0.4 is 15.0 Å². The molecule has 0 saturated heterocycles. The van der Waals surface area contributed by atoms with Gasteiger partial charge in [0.15, 0.2) is 0 Å². The maximum absolute atomic E-state index is 14.1. The monoisotopic (exact) mass is 630 g/mol. The SMILES string of the molecule is Cc1cccc([C@H]2O[C@H](CC(=O)Nc3ccc(OC(F)(F)C(=O)O)cc3)C(=O)N(CC(C)(C)CO)c3ccc(Cl)cc32)c1C. The number of aliphatic hydroxyl groups is 1. The molecule has 1 aliphatic heterocycles. The van der Waals surface area contributed by atoms with Gasteiger partial charge in [-0.05, 0) is 73.0 Å². The van der Waals surface area contributed by atoms with Crippen LogP contribution in [0.15, 0.2) is 60.7 Å². The molecular weight excluding hydrogens is 598 g/mol. The van der Waals surface area contributed by atoms with Crippen molar-refractivity contribution in [3.8, 4) is 5.75 Å². The predicted molar refractivity (Wildman–Crippen MR) is 160 cm³/mol. The Balaban J connectivity index is 1.67. The number of fused-ring (bicyclic) bond motifs is 1. The molecule has 0 fully saturated rings. The number of alkyl halides is 2. The second kappa shape index (κ2) is 12.9. The van der Waals surface area contributed by atoms with Crippen molar-refractivity contribution < 1.29 is 42.9 Å². The Morgan fingerprint density at radius 3 is 2.39 bits per heavy atom. The van der Waals surface area contributed by atoms with E-state index in [1.807, 2.05) is 45.9 Å². The molecule has 0 aromatic heterocycles. The summed E-state index contributed by atoms with van der Waals surface area (Å²) in [6, 6.07) is 15.5. The van der Waals surface area contributed by atoms with Crippen molar-refractivity contribution >= 4 is 40.8 Å². The molecule has 0 saturated carbocycles. The summed E-state index contributed by atoms with van der Waals surface area (Å²) in [6.45, 7) is 7.44. The van der Waals surface area contributed by atoms with Gasteiger partial charge in [0.1, 0.15) is 18.0 Å². The number of anilines is 2. The molecule has 2 amide bonds. The number of carbonyl (C=O) groups is 3. The highest BCUT2D eigenvalue weighted by Crippen LogP contribution is 2.42. The molecule has 0 spiro atoms. The van der Waals surface area contributed by atoms with E-state index in [9.17, 15) is 28.3 Å². The Morgan fingerprint density at radius 1 is 1.07 bits per heavy atom. The van der Waals surface area contributed by atoms with Crippen LogP contribution in [-0.4, -0.2) is 53.4 Å². The zero-order valence-electron chi connectivity index (χ0n) is 24.6. The molecule has 1 heterocycles. The van der Waals surface area contributed by atoms with Gasteiger partial charge in [-0.15, -0.1) is 0 Å². The number of carboxylic acid groups (broad SMARTS) is 1. The summed E-state index contributed by atoms with van der Waals surface area (Å²) in [4.78, 5) is 39.5. The van der Waals surface area contributed by atoms with E-state index in [1.54, 1.807) is 18.2 Å². The van der Waals surface area contributed by atoms with Crippen LogP contribution in [0.25, 0.3) is 0 Å². The lowest BCUT2D eigenvalue weighted by molar-refractivity contribution is -0.210. The number of aliphatic carboxylic acids is 1. The Hall–Kier alpha value is -4.06. The van der Waals surface area contributed by atoms with E-state index in [1.165, 1.54) is 17.0 Å². The Kier molecular flexibility index (Phi) is 9.62. The van der Waals surface area contributed by atoms with Gasteiger partial charge in [-0.1, -0.05) is 43.6 Å². The third-order valence-corrected chi connectivity index (χ3v) is 7.59. The fourth-order valence-corrected chi connectivity index (χ4v) is 5.00. The molecule has 234 valence electrons. The summed E-state index contributed by atoms with van der Waals surface area (Å²) in [5.41, 5.74) is 3.42. The molecule has 12 heteroatoms. The number of nitrogens with zero attached hydrogens (tertiary/aromatic N) is 1. The molecule has 2 atom stereocenters. The van der Waals surface area contributed by atoms with Gasteiger partial charge in [-0.25, -0.2) is 4.79 Å². The van der Waals surface area contributed by atoms with Gasteiger partial charge < -0.3 is 29.9 Å². The zero-order chi connectivity index (χ0) is 32.4. The van der Waals surface area contributed by atoms with Gasteiger partial charge in [0.25, 0.3) is 5.91 Å². The average molecular weight is 631 g/mol. The van der Waals surface area contributed by atoms with E-state index in [2.05, 4.69) is 10.1 Å². The number of carboxylic acids is 1. The summed E-state index contributed by atoms with van der Waals surface area (Å²) in [5.74, 6) is -3.95. The van der Waals surface area contributed by atoms with Crippen LogP contribution in [0.1, 0.15) is 48.6 Å². The summed E-state index contributed by atoms with van der Waals surface area (Å²) in [5, 5.41) is 21.6. The van der Waals surface area contributed by atoms with Crippen LogP contribution in [0.4, 0.5) is 20.2 Å². The number of carbonyl (C=O) groups excluding carboxylic acids is 2. The van der Waals surface area contributed by atoms with Crippen molar-refractivity contribution in [2.45, 2.75) is 52.4 Å². The first kappa shape index (κ1) is 32.8. The van der Waals surface area contributed by atoms with E-state index >= 15 is 0 Å². The molecule has 0 aliphatic carbocycles. The minimum absolute atomic E-state index is 0.125. The molecule has 0 radical (unpaired) electrons. The van der Waals surface area contributed by atoms with Crippen LogP contribution in [-0.2, 0) is 19.1 Å². The van der Waals surface area contributed by atoms with Crippen molar-refractivity contribution in [2.24, 2.45) is 5.41 Å². The first-order valence-electron chi connectivity index (χ1n) is 13.8. The maximum Gasteiger partial charge on any atom is 0.501 e. The maximum atomic E-state index is 14.1.